The molecule has 0 atom stereocenters. The molecular weight excluding hydrogens is 212 g/mol. The molecule has 4 heteroatoms. The van der Waals surface area contributed by atoms with Crippen LogP contribution in [-0.4, -0.2) is 30.1 Å². The highest BCUT2D eigenvalue weighted by atomic mass is 15.2. The zero-order valence-electron chi connectivity index (χ0n) is 11.4. The van der Waals surface area contributed by atoms with Crippen LogP contribution in [0.3, 0.4) is 0 Å². The molecule has 1 N–H and O–H groups in total. The van der Waals surface area contributed by atoms with Crippen LogP contribution in [-0.2, 0) is 6.54 Å². The van der Waals surface area contributed by atoms with E-state index in [2.05, 4.69) is 48.0 Å². The summed E-state index contributed by atoms with van der Waals surface area (Å²) in [7, 11) is 2.06. The van der Waals surface area contributed by atoms with Crippen molar-refractivity contribution in [2.24, 2.45) is 5.92 Å². The summed E-state index contributed by atoms with van der Waals surface area (Å²) in [6.45, 7) is 9.39. The van der Waals surface area contributed by atoms with Crippen LogP contribution in [0.2, 0.25) is 0 Å². The summed E-state index contributed by atoms with van der Waals surface area (Å²) in [6, 6.07) is 0. The Morgan fingerprint density at radius 1 is 1.35 bits per heavy atom. The van der Waals surface area contributed by atoms with Crippen molar-refractivity contribution in [3.05, 3.63) is 18.1 Å². The van der Waals surface area contributed by atoms with E-state index >= 15 is 0 Å². The van der Waals surface area contributed by atoms with Gasteiger partial charge < -0.3 is 10.2 Å². The van der Waals surface area contributed by atoms with Gasteiger partial charge in [-0.3, -0.25) is 4.98 Å². The maximum Gasteiger partial charge on any atom is 0.147 e. The number of nitrogens with zero attached hydrogens (tertiary/aromatic N) is 3. The number of aromatic nitrogens is 2. The Bertz CT molecular complexity index is 325. The topological polar surface area (TPSA) is 41.1 Å². The molecule has 0 fully saturated rings. The van der Waals surface area contributed by atoms with Crippen LogP contribution < -0.4 is 10.2 Å². The molecule has 0 radical (unpaired) electrons. The molecule has 17 heavy (non-hydrogen) atoms. The van der Waals surface area contributed by atoms with Crippen molar-refractivity contribution < 1.29 is 0 Å². The number of hydrogen-bond acceptors (Lipinski definition) is 4. The third-order valence-corrected chi connectivity index (χ3v) is 2.43. The van der Waals surface area contributed by atoms with Gasteiger partial charge >= 0.3 is 0 Å². The highest BCUT2D eigenvalue weighted by Gasteiger charge is 2.06. The number of rotatable bonds is 7. The lowest BCUT2D eigenvalue weighted by atomic mass is 10.2. The Kier molecular flexibility index (Phi) is 5.91. The largest absolute Gasteiger partial charge is 0.358 e. The average molecular weight is 236 g/mol. The zero-order chi connectivity index (χ0) is 12.7. The molecule has 0 aliphatic carbocycles. The summed E-state index contributed by atoms with van der Waals surface area (Å²) in [6.07, 6.45) is 4.79. The molecule has 4 nitrogen and oxygen atoms in total. The lowest BCUT2D eigenvalue weighted by molar-refractivity contribution is 0.628. The van der Waals surface area contributed by atoms with Gasteiger partial charge in [-0.15, -0.1) is 0 Å². The first-order valence-corrected chi connectivity index (χ1v) is 6.36. The summed E-state index contributed by atoms with van der Waals surface area (Å²) < 4.78 is 0. The Morgan fingerprint density at radius 2 is 2.12 bits per heavy atom. The van der Waals surface area contributed by atoms with Crippen molar-refractivity contribution in [3.63, 3.8) is 0 Å². The smallest absolute Gasteiger partial charge is 0.147 e. The highest BCUT2D eigenvalue weighted by Crippen LogP contribution is 2.09. The van der Waals surface area contributed by atoms with Crippen LogP contribution in [0.5, 0.6) is 0 Å². The molecule has 0 aliphatic heterocycles. The minimum absolute atomic E-state index is 0.628. The monoisotopic (exact) mass is 236 g/mol. The summed E-state index contributed by atoms with van der Waals surface area (Å²) in [5.74, 6) is 1.58. The van der Waals surface area contributed by atoms with Crippen LogP contribution in [0.25, 0.3) is 0 Å². The predicted octanol–water partition coefficient (Wildman–Crippen LogP) is 2.07. The standard InChI is InChI=1S/C13H24N4/c1-5-6-14-7-12-8-15-9-13(16-12)17(4)10-11(2)3/h8-9,11,14H,5-7,10H2,1-4H3. The lowest BCUT2D eigenvalue weighted by Crippen LogP contribution is -2.24. The van der Waals surface area contributed by atoms with Crippen molar-refractivity contribution in [1.29, 1.82) is 0 Å². The average Bonchev–Trinajstić information content (AvgIpc) is 2.29. The third-order valence-electron chi connectivity index (χ3n) is 2.43. The van der Waals surface area contributed by atoms with E-state index in [1.165, 1.54) is 0 Å². The second kappa shape index (κ2) is 7.22. The molecule has 1 rings (SSSR count). The summed E-state index contributed by atoms with van der Waals surface area (Å²) in [4.78, 5) is 11.0. The van der Waals surface area contributed by atoms with E-state index in [9.17, 15) is 0 Å². The van der Waals surface area contributed by atoms with E-state index < -0.39 is 0 Å². The van der Waals surface area contributed by atoms with E-state index in [1.807, 2.05) is 12.4 Å². The van der Waals surface area contributed by atoms with Crippen molar-refractivity contribution >= 4 is 5.82 Å². The molecule has 0 saturated carbocycles. The molecule has 0 unspecified atom stereocenters. The molecule has 1 aromatic heterocycles. The Labute approximate surface area is 104 Å². The molecule has 0 amide bonds. The van der Waals surface area contributed by atoms with Crippen LogP contribution in [0.4, 0.5) is 5.82 Å². The third kappa shape index (κ3) is 5.13. The fraction of sp³-hybridized carbons (Fsp3) is 0.692. The van der Waals surface area contributed by atoms with Crippen LogP contribution >= 0.6 is 0 Å². The van der Waals surface area contributed by atoms with Gasteiger partial charge in [0.1, 0.15) is 5.82 Å². The van der Waals surface area contributed by atoms with Crippen molar-refractivity contribution in [2.45, 2.75) is 33.7 Å². The molecule has 0 bridgehead atoms. The first kappa shape index (κ1) is 13.9. The van der Waals surface area contributed by atoms with E-state index in [-0.39, 0.29) is 0 Å². The fourth-order valence-electron chi connectivity index (χ4n) is 1.70. The van der Waals surface area contributed by atoms with Gasteiger partial charge in [0.15, 0.2) is 0 Å². The van der Waals surface area contributed by atoms with Crippen molar-refractivity contribution in [1.82, 2.24) is 15.3 Å². The Morgan fingerprint density at radius 3 is 2.76 bits per heavy atom. The van der Waals surface area contributed by atoms with Gasteiger partial charge in [0, 0.05) is 26.3 Å². The summed E-state index contributed by atoms with van der Waals surface area (Å²) in [5, 5.41) is 3.34. The maximum atomic E-state index is 4.60. The second-order valence-electron chi connectivity index (χ2n) is 4.82. The summed E-state index contributed by atoms with van der Waals surface area (Å²) >= 11 is 0. The minimum atomic E-state index is 0.628. The molecule has 0 aliphatic rings. The molecule has 1 aromatic rings. The molecule has 0 aromatic carbocycles. The zero-order valence-corrected chi connectivity index (χ0v) is 11.4. The minimum Gasteiger partial charge on any atom is -0.358 e. The normalized spacial score (nSPS) is 10.9. The number of nitrogens with one attached hydrogen (secondary N) is 1. The first-order chi connectivity index (χ1) is 8.13. The van der Waals surface area contributed by atoms with Crippen LogP contribution in [0.15, 0.2) is 12.4 Å². The molecule has 0 saturated heterocycles. The Hall–Kier alpha value is -1.16. The van der Waals surface area contributed by atoms with Crippen molar-refractivity contribution in [3.8, 4) is 0 Å². The number of anilines is 1. The van der Waals surface area contributed by atoms with E-state index in [1.54, 1.807) is 0 Å². The van der Waals surface area contributed by atoms with Gasteiger partial charge in [0.05, 0.1) is 11.9 Å². The van der Waals surface area contributed by atoms with E-state index in [4.69, 9.17) is 0 Å². The second-order valence-corrected chi connectivity index (χ2v) is 4.82. The Balaban J connectivity index is 2.58. The van der Waals surface area contributed by atoms with E-state index in [0.29, 0.717) is 5.92 Å². The maximum absolute atomic E-state index is 4.60. The van der Waals surface area contributed by atoms with Crippen LogP contribution in [0.1, 0.15) is 32.9 Å². The van der Waals surface area contributed by atoms with Gasteiger partial charge in [-0.25, -0.2) is 4.98 Å². The molecule has 0 spiro atoms. The molecule has 1 heterocycles. The molecular formula is C13H24N4. The lowest BCUT2D eigenvalue weighted by Gasteiger charge is -2.20. The molecule has 96 valence electrons. The van der Waals surface area contributed by atoms with Gasteiger partial charge in [0.25, 0.3) is 0 Å². The van der Waals surface area contributed by atoms with E-state index in [0.717, 1.165) is 37.6 Å². The first-order valence-electron chi connectivity index (χ1n) is 6.36. The van der Waals surface area contributed by atoms with Gasteiger partial charge in [-0.1, -0.05) is 20.8 Å². The van der Waals surface area contributed by atoms with Gasteiger partial charge in [0.2, 0.25) is 0 Å². The predicted molar refractivity (Wildman–Crippen MR) is 72.1 cm³/mol. The summed E-state index contributed by atoms with van der Waals surface area (Å²) in [5.41, 5.74) is 1.01. The number of hydrogen-bond donors (Lipinski definition) is 1. The highest BCUT2D eigenvalue weighted by molar-refractivity contribution is 5.34. The quantitative estimate of drug-likeness (QED) is 0.736. The van der Waals surface area contributed by atoms with Crippen molar-refractivity contribution in [2.75, 3.05) is 25.0 Å². The fourth-order valence-corrected chi connectivity index (χ4v) is 1.70. The van der Waals surface area contributed by atoms with Gasteiger partial charge in [-0.2, -0.15) is 0 Å². The van der Waals surface area contributed by atoms with Gasteiger partial charge in [-0.05, 0) is 18.9 Å². The SMILES string of the molecule is CCCNCc1cncc(N(C)CC(C)C)n1. The van der Waals surface area contributed by atoms with Crippen LogP contribution in [0, 0.1) is 5.92 Å².